The summed E-state index contributed by atoms with van der Waals surface area (Å²) in [4.78, 5) is 66.8. The molecule has 0 saturated carbocycles. The summed E-state index contributed by atoms with van der Waals surface area (Å²) in [5.74, 6) is -0.660. The molecule has 2 aliphatic heterocycles. The second-order valence-electron chi connectivity index (χ2n) is 20.4. The zero-order valence-electron chi connectivity index (χ0n) is 45.5. The molecule has 3 amide bonds. The maximum atomic E-state index is 14.2. The number of thiazole rings is 1. The van der Waals surface area contributed by atoms with E-state index < -0.39 is 18.1 Å². The van der Waals surface area contributed by atoms with Gasteiger partial charge in [-0.3, -0.25) is 19.2 Å². The number of pyridine rings is 1. The van der Waals surface area contributed by atoms with Crippen LogP contribution >= 0.6 is 11.3 Å². The van der Waals surface area contributed by atoms with Crippen LogP contribution in [0.2, 0.25) is 0 Å². The highest BCUT2D eigenvalue weighted by atomic mass is 32.1. The van der Waals surface area contributed by atoms with Crippen molar-refractivity contribution in [2.75, 3.05) is 57.6 Å². The zero-order chi connectivity index (χ0) is 54.8. The van der Waals surface area contributed by atoms with Gasteiger partial charge in [-0.05, 0) is 129 Å². The van der Waals surface area contributed by atoms with Crippen LogP contribution in [0.25, 0.3) is 21.6 Å². The van der Waals surface area contributed by atoms with Gasteiger partial charge in [-0.15, -0.1) is 11.3 Å². The molecule has 18 heteroatoms. The lowest BCUT2D eigenvalue weighted by Crippen LogP contribution is -2.48. The van der Waals surface area contributed by atoms with Gasteiger partial charge in [0.1, 0.15) is 24.3 Å². The summed E-state index contributed by atoms with van der Waals surface area (Å²) in [6, 6.07) is 22.5. The number of nitrogens with one attached hydrogen (secondary N) is 3. The van der Waals surface area contributed by atoms with Crippen LogP contribution in [0.1, 0.15) is 115 Å². The molecule has 2 saturated heterocycles. The van der Waals surface area contributed by atoms with Gasteiger partial charge in [0.25, 0.3) is 17.3 Å². The number of benzene rings is 3. The molecule has 2 fully saturated rings. The number of anilines is 1. The van der Waals surface area contributed by atoms with Crippen molar-refractivity contribution in [2.24, 2.45) is 5.92 Å². The van der Waals surface area contributed by atoms with Crippen LogP contribution in [0, 0.1) is 33.6 Å². The molecule has 17 nitrogen and oxygen atoms in total. The van der Waals surface area contributed by atoms with E-state index in [1.54, 1.807) is 17.4 Å². The summed E-state index contributed by atoms with van der Waals surface area (Å²) >= 11 is 1.58. The highest BCUT2D eigenvalue weighted by molar-refractivity contribution is 7.13. The third-order valence-electron chi connectivity index (χ3n) is 14.6. The van der Waals surface area contributed by atoms with E-state index in [1.165, 1.54) is 4.90 Å². The first kappa shape index (κ1) is 56.3. The van der Waals surface area contributed by atoms with Crippen molar-refractivity contribution in [3.8, 4) is 33.2 Å². The van der Waals surface area contributed by atoms with Gasteiger partial charge in [0.15, 0.2) is 5.76 Å². The molecule has 8 rings (SSSR count). The maximum Gasteiger partial charge on any atom is 0.254 e. The number of amides is 3. The quantitative estimate of drug-likeness (QED) is 0.0443. The molecule has 4 atom stereocenters. The van der Waals surface area contributed by atoms with Gasteiger partial charge in [-0.25, -0.2) is 4.98 Å². The van der Waals surface area contributed by atoms with Gasteiger partial charge in [0.2, 0.25) is 11.8 Å². The van der Waals surface area contributed by atoms with Gasteiger partial charge in [-0.1, -0.05) is 50.2 Å². The number of H-pyrrole nitrogens is 1. The maximum absolute atomic E-state index is 14.2. The lowest BCUT2D eigenvalue weighted by molar-refractivity contribution is -0.141. The van der Waals surface area contributed by atoms with E-state index in [-0.39, 0.29) is 79.9 Å². The molecule has 0 radical (unpaired) electrons. The number of aliphatic hydroxyl groups excluding tert-OH is 1. The Balaban J connectivity index is 0.803. The Hall–Kier alpha value is -6.86. The van der Waals surface area contributed by atoms with E-state index in [0.717, 1.165) is 74.7 Å². The third-order valence-corrected chi connectivity index (χ3v) is 15.6. The smallest absolute Gasteiger partial charge is 0.254 e. The second-order valence-corrected chi connectivity index (χ2v) is 21.3. The fourth-order valence-corrected chi connectivity index (χ4v) is 11.2. The molecular weight excluding hydrogens is 999 g/mol. The van der Waals surface area contributed by atoms with Crippen molar-refractivity contribution in [3.05, 3.63) is 134 Å². The number of aromatic nitrogens is 3. The monoisotopic (exact) mass is 1070 g/mol. The predicted molar refractivity (Wildman–Crippen MR) is 297 cm³/mol. The number of hydrogen-bond donors (Lipinski definition) is 4. The number of aliphatic hydroxyl groups is 1. The Bertz CT molecular complexity index is 3020. The number of carbonyl (C=O) groups is 3. The van der Waals surface area contributed by atoms with Gasteiger partial charge >= 0.3 is 0 Å². The normalized spacial score (nSPS) is 16.6. The van der Waals surface area contributed by atoms with E-state index in [4.69, 9.17) is 23.5 Å². The first-order chi connectivity index (χ1) is 37.1. The average molecular weight is 1070 g/mol. The van der Waals surface area contributed by atoms with Gasteiger partial charge in [0.05, 0.1) is 41.4 Å². The average Bonchev–Trinajstić information content (AvgIpc) is 4.17. The van der Waals surface area contributed by atoms with E-state index in [0.29, 0.717) is 55.5 Å². The second kappa shape index (κ2) is 26.0. The van der Waals surface area contributed by atoms with Crippen LogP contribution in [-0.4, -0.2) is 114 Å². The number of hydrogen-bond acceptors (Lipinski definition) is 14. The molecule has 2 unspecified atom stereocenters. The van der Waals surface area contributed by atoms with Crippen LogP contribution in [0.5, 0.6) is 11.6 Å². The fourth-order valence-electron chi connectivity index (χ4n) is 10.4. The number of rotatable bonds is 23. The first-order valence-corrected chi connectivity index (χ1v) is 27.6. The molecule has 410 valence electrons. The topological polar surface area (TPSA) is 211 Å². The number of nitrogens with zero attached hydrogens (tertiary/aromatic N) is 4. The SMILES string of the molecule is CCN(c1cc(-c2ccc(OCCCOCCOc3cc(C(C(=O)N4C[C@H](O)C[C@H]4C(=O)NC(C)c4ccc(-c5scnc5C)cc4)C(C)C)on3)cc2)cc(C(=O)NCc2c(C)cc(C)[nH]c2=O)c1C)C1CCOCC1. The molecule has 5 heterocycles. The minimum atomic E-state index is -0.854. The van der Waals surface area contributed by atoms with Crippen molar-refractivity contribution in [3.63, 3.8) is 0 Å². The largest absolute Gasteiger partial charge is 0.494 e. The molecule has 0 aliphatic carbocycles. The highest BCUT2D eigenvalue weighted by Gasteiger charge is 2.43. The number of carbonyl (C=O) groups excluding carboxylic acids is 3. The minimum Gasteiger partial charge on any atom is -0.494 e. The standard InChI is InChI=1S/C59H73N7O10S/c1-9-65(45-19-23-73-24-20-45)50-29-44(28-48(38(50)6)56(68)60-32-49-36(4)27-37(5)62-57(49)69)42-15-17-47(18-16-42)74-22-10-21-72-25-26-75-53-31-52(76-64-53)54(35(2)3)59(71)66-33-46(67)30-51(66)58(70)63-39(7)41-11-13-43(14-12-41)55-40(8)61-34-77-55/h11-18,27-29,31,34-35,39,45-46,51,54,67H,9-10,19-26,30,32-33H2,1-8H3,(H,60,68)(H,62,69)(H,63,70)/t39?,46-,51+,54?/m1/s1. The number of aromatic amines is 1. The van der Waals surface area contributed by atoms with Crippen LogP contribution in [0.15, 0.2) is 87.6 Å². The molecule has 2 aliphatic rings. The van der Waals surface area contributed by atoms with E-state index in [1.807, 2.05) is 115 Å². The predicted octanol–water partition coefficient (Wildman–Crippen LogP) is 8.77. The number of ether oxygens (including phenoxy) is 4. The van der Waals surface area contributed by atoms with Gasteiger partial charge in [-0.2, -0.15) is 0 Å². The number of likely N-dealkylation sites (tertiary alicyclic amines) is 1. The first-order valence-electron chi connectivity index (χ1n) is 26.8. The number of β-amino-alcohol motifs (C(OH)–C–C–N with tert-alkyl or cyclic N) is 1. The van der Waals surface area contributed by atoms with E-state index >= 15 is 0 Å². The highest BCUT2D eigenvalue weighted by Crippen LogP contribution is 2.36. The Morgan fingerprint density at radius 2 is 1.65 bits per heavy atom. The van der Waals surface area contributed by atoms with E-state index in [2.05, 4.69) is 43.6 Å². The molecule has 3 aromatic heterocycles. The van der Waals surface area contributed by atoms with Gasteiger partial charge < -0.3 is 54.0 Å². The summed E-state index contributed by atoms with van der Waals surface area (Å²) in [6.45, 7) is 19.2. The summed E-state index contributed by atoms with van der Waals surface area (Å²) in [6.07, 6.45) is 1.71. The summed E-state index contributed by atoms with van der Waals surface area (Å²) in [5.41, 5.74) is 11.0. The molecule has 77 heavy (non-hydrogen) atoms. The molecular formula is C59H73N7O10S. The summed E-state index contributed by atoms with van der Waals surface area (Å²) in [5, 5.41) is 20.9. The van der Waals surface area contributed by atoms with Crippen LogP contribution < -0.4 is 30.6 Å². The molecule has 6 aromatic rings. The molecule has 0 bridgehead atoms. The molecule has 0 spiro atoms. The lowest BCUT2D eigenvalue weighted by Gasteiger charge is -2.37. The van der Waals surface area contributed by atoms with Crippen LogP contribution in [-0.2, 0) is 25.6 Å². The minimum absolute atomic E-state index is 0.0277. The molecule has 3 aromatic carbocycles. The third kappa shape index (κ3) is 13.8. The van der Waals surface area contributed by atoms with Gasteiger partial charge in [0, 0.05) is 86.9 Å². The Labute approximate surface area is 454 Å². The Morgan fingerprint density at radius 3 is 2.34 bits per heavy atom. The van der Waals surface area contributed by atoms with E-state index in [9.17, 15) is 24.3 Å². The van der Waals surface area contributed by atoms with Crippen molar-refractivity contribution in [2.45, 2.75) is 118 Å². The van der Waals surface area contributed by atoms with Crippen molar-refractivity contribution in [1.82, 2.24) is 30.7 Å². The van der Waals surface area contributed by atoms with Crippen molar-refractivity contribution in [1.29, 1.82) is 0 Å². The van der Waals surface area contributed by atoms with Crippen LogP contribution in [0.3, 0.4) is 0 Å². The summed E-state index contributed by atoms with van der Waals surface area (Å²) < 4.78 is 29.1. The lowest BCUT2D eigenvalue weighted by atomic mass is 9.91. The van der Waals surface area contributed by atoms with Crippen molar-refractivity contribution < 1.29 is 43.0 Å². The van der Waals surface area contributed by atoms with Crippen LogP contribution in [0.4, 0.5) is 5.69 Å². The zero-order valence-corrected chi connectivity index (χ0v) is 46.3. The Kier molecular flexibility index (Phi) is 19.0. The summed E-state index contributed by atoms with van der Waals surface area (Å²) in [7, 11) is 0. The molecule has 4 N–H and O–H groups in total. The Morgan fingerprint density at radius 1 is 0.909 bits per heavy atom. The fraction of sp³-hybridized carbons (Fsp3) is 0.458. The van der Waals surface area contributed by atoms with Crippen molar-refractivity contribution >= 4 is 34.7 Å². The number of aryl methyl sites for hydroxylation is 3.